The standard InChI is InChI=1S/C19H21N3O4S/c1-25-17-9-8-16(11-18(17)26-2)27(23,24)22(14-6-7-14)13-15-12-20-19-5-3-4-10-21(15)19/h3-5,8-12,14H,6-7,13H2,1-2H3. The lowest BCUT2D eigenvalue weighted by atomic mass is 10.3. The summed E-state index contributed by atoms with van der Waals surface area (Å²) in [4.78, 5) is 4.56. The lowest BCUT2D eigenvalue weighted by Crippen LogP contribution is -2.33. The monoisotopic (exact) mass is 387 g/mol. The number of rotatable bonds is 7. The first-order valence-corrected chi connectivity index (χ1v) is 10.1. The van der Waals surface area contributed by atoms with Gasteiger partial charge in [-0.3, -0.25) is 0 Å². The Balaban J connectivity index is 1.71. The van der Waals surface area contributed by atoms with E-state index in [0.717, 1.165) is 24.2 Å². The number of ether oxygens (including phenoxy) is 2. The molecule has 1 aliphatic rings. The molecule has 1 saturated carbocycles. The van der Waals surface area contributed by atoms with Crippen LogP contribution in [-0.2, 0) is 16.6 Å². The molecule has 0 bridgehead atoms. The Bertz CT molecular complexity index is 1070. The van der Waals surface area contributed by atoms with Gasteiger partial charge in [0.25, 0.3) is 0 Å². The van der Waals surface area contributed by atoms with E-state index in [1.54, 1.807) is 22.6 Å². The summed E-state index contributed by atoms with van der Waals surface area (Å²) in [5.74, 6) is 0.889. The van der Waals surface area contributed by atoms with Gasteiger partial charge in [-0.25, -0.2) is 13.4 Å². The maximum atomic E-state index is 13.3. The predicted octanol–water partition coefficient (Wildman–Crippen LogP) is 2.70. The van der Waals surface area contributed by atoms with Gasteiger partial charge in [0.2, 0.25) is 10.0 Å². The number of aromatic nitrogens is 2. The molecule has 7 nitrogen and oxygen atoms in total. The highest BCUT2D eigenvalue weighted by Gasteiger charge is 2.39. The molecule has 0 saturated heterocycles. The van der Waals surface area contributed by atoms with Gasteiger partial charge in [-0.1, -0.05) is 6.07 Å². The molecule has 2 aromatic heterocycles. The molecular weight excluding hydrogens is 366 g/mol. The zero-order chi connectivity index (χ0) is 19.0. The van der Waals surface area contributed by atoms with Crippen LogP contribution in [-0.4, -0.2) is 42.4 Å². The van der Waals surface area contributed by atoms with Crippen molar-refractivity contribution in [2.45, 2.75) is 30.3 Å². The van der Waals surface area contributed by atoms with Crippen LogP contribution in [0, 0.1) is 0 Å². The zero-order valence-electron chi connectivity index (χ0n) is 15.2. The highest BCUT2D eigenvalue weighted by molar-refractivity contribution is 7.89. The first-order chi connectivity index (χ1) is 13.0. The SMILES string of the molecule is COc1ccc(S(=O)(=O)N(Cc2cnc3ccccn23)C2CC2)cc1OC. The highest BCUT2D eigenvalue weighted by atomic mass is 32.2. The number of imidazole rings is 1. The lowest BCUT2D eigenvalue weighted by Gasteiger charge is -2.22. The van der Waals surface area contributed by atoms with E-state index in [9.17, 15) is 8.42 Å². The van der Waals surface area contributed by atoms with Crippen molar-refractivity contribution in [2.75, 3.05) is 14.2 Å². The average molecular weight is 387 g/mol. The summed E-state index contributed by atoms with van der Waals surface area (Å²) in [7, 11) is -0.671. The van der Waals surface area contributed by atoms with Crippen LogP contribution in [0.4, 0.5) is 0 Å². The number of fused-ring (bicyclic) bond motifs is 1. The van der Waals surface area contributed by atoms with Gasteiger partial charge in [-0.15, -0.1) is 0 Å². The van der Waals surface area contributed by atoms with Gasteiger partial charge >= 0.3 is 0 Å². The molecule has 1 fully saturated rings. The third-order valence-electron chi connectivity index (χ3n) is 4.73. The highest BCUT2D eigenvalue weighted by Crippen LogP contribution is 2.36. The van der Waals surface area contributed by atoms with Crippen LogP contribution in [0.15, 0.2) is 53.7 Å². The van der Waals surface area contributed by atoms with E-state index in [4.69, 9.17) is 9.47 Å². The first-order valence-electron chi connectivity index (χ1n) is 8.69. The summed E-state index contributed by atoms with van der Waals surface area (Å²) in [5.41, 5.74) is 1.63. The maximum absolute atomic E-state index is 13.3. The Hall–Kier alpha value is -2.58. The molecule has 0 amide bonds. The average Bonchev–Trinajstić information content (AvgIpc) is 3.45. The number of sulfonamides is 1. The topological polar surface area (TPSA) is 73.1 Å². The van der Waals surface area contributed by atoms with Crippen molar-refractivity contribution in [3.8, 4) is 11.5 Å². The summed E-state index contributed by atoms with van der Waals surface area (Å²) >= 11 is 0. The second kappa shape index (κ2) is 6.86. The zero-order valence-corrected chi connectivity index (χ0v) is 16.0. The van der Waals surface area contributed by atoms with E-state index in [-0.39, 0.29) is 17.5 Å². The van der Waals surface area contributed by atoms with Gasteiger partial charge in [-0.2, -0.15) is 4.31 Å². The number of benzene rings is 1. The first kappa shape index (κ1) is 17.8. The molecule has 0 spiro atoms. The Morgan fingerprint density at radius 3 is 2.63 bits per heavy atom. The number of methoxy groups -OCH3 is 2. The van der Waals surface area contributed by atoms with Crippen LogP contribution in [0.3, 0.4) is 0 Å². The molecule has 3 aromatic rings. The third-order valence-corrected chi connectivity index (χ3v) is 6.62. The normalized spacial score (nSPS) is 14.6. The Labute approximate surface area is 158 Å². The third kappa shape index (κ3) is 3.26. The van der Waals surface area contributed by atoms with Crippen molar-refractivity contribution < 1.29 is 17.9 Å². The van der Waals surface area contributed by atoms with Gasteiger partial charge in [0.05, 0.1) is 37.6 Å². The number of pyridine rings is 1. The van der Waals surface area contributed by atoms with Crippen LogP contribution in [0.2, 0.25) is 0 Å². The van der Waals surface area contributed by atoms with E-state index in [2.05, 4.69) is 4.98 Å². The van der Waals surface area contributed by atoms with Gasteiger partial charge in [0.1, 0.15) is 5.65 Å². The summed E-state index contributed by atoms with van der Waals surface area (Å²) in [6, 6.07) is 10.4. The largest absolute Gasteiger partial charge is 0.493 e. The molecule has 8 heteroatoms. The van der Waals surface area contributed by atoms with Crippen LogP contribution in [0.1, 0.15) is 18.5 Å². The fourth-order valence-corrected chi connectivity index (χ4v) is 4.82. The molecule has 2 heterocycles. The van der Waals surface area contributed by atoms with Crippen molar-refractivity contribution in [2.24, 2.45) is 0 Å². The van der Waals surface area contributed by atoms with Gasteiger partial charge in [-0.05, 0) is 37.1 Å². The van der Waals surface area contributed by atoms with Crippen LogP contribution < -0.4 is 9.47 Å². The fraction of sp³-hybridized carbons (Fsp3) is 0.316. The second-order valence-electron chi connectivity index (χ2n) is 6.48. The molecule has 27 heavy (non-hydrogen) atoms. The Morgan fingerprint density at radius 1 is 1.15 bits per heavy atom. The van der Waals surface area contributed by atoms with Crippen molar-refractivity contribution in [3.05, 3.63) is 54.5 Å². The van der Waals surface area contributed by atoms with E-state index in [1.807, 2.05) is 28.8 Å². The van der Waals surface area contributed by atoms with Gasteiger partial charge in [0, 0.05) is 18.3 Å². The Morgan fingerprint density at radius 2 is 1.93 bits per heavy atom. The molecule has 0 N–H and O–H groups in total. The lowest BCUT2D eigenvalue weighted by molar-refractivity contribution is 0.353. The Kier molecular flexibility index (Phi) is 4.53. The molecular formula is C19H21N3O4S. The van der Waals surface area contributed by atoms with Crippen molar-refractivity contribution in [1.82, 2.24) is 13.7 Å². The number of hydrogen-bond donors (Lipinski definition) is 0. The minimum absolute atomic E-state index is 0.0114. The summed E-state index contributed by atoms with van der Waals surface area (Å²) in [5, 5.41) is 0. The second-order valence-corrected chi connectivity index (χ2v) is 8.37. The van der Waals surface area contributed by atoms with Crippen molar-refractivity contribution in [3.63, 3.8) is 0 Å². The van der Waals surface area contributed by atoms with E-state index in [1.165, 1.54) is 20.3 Å². The summed E-state index contributed by atoms with van der Waals surface area (Å²) in [6.45, 7) is 0.270. The summed E-state index contributed by atoms with van der Waals surface area (Å²) < 4.78 is 40.6. The molecule has 0 atom stereocenters. The van der Waals surface area contributed by atoms with Crippen molar-refractivity contribution >= 4 is 15.7 Å². The molecule has 4 rings (SSSR count). The van der Waals surface area contributed by atoms with Crippen LogP contribution in [0.25, 0.3) is 5.65 Å². The smallest absolute Gasteiger partial charge is 0.243 e. The predicted molar refractivity (Wildman–Crippen MR) is 100 cm³/mol. The quantitative estimate of drug-likeness (QED) is 0.623. The van der Waals surface area contributed by atoms with Crippen LogP contribution in [0.5, 0.6) is 11.5 Å². The van der Waals surface area contributed by atoms with Gasteiger partial charge < -0.3 is 13.9 Å². The number of hydrogen-bond acceptors (Lipinski definition) is 5. The molecule has 142 valence electrons. The molecule has 0 radical (unpaired) electrons. The van der Waals surface area contributed by atoms with E-state index < -0.39 is 10.0 Å². The molecule has 0 unspecified atom stereocenters. The van der Waals surface area contributed by atoms with Crippen molar-refractivity contribution in [1.29, 1.82) is 0 Å². The molecule has 1 aromatic carbocycles. The maximum Gasteiger partial charge on any atom is 0.243 e. The van der Waals surface area contributed by atoms with E-state index >= 15 is 0 Å². The van der Waals surface area contributed by atoms with E-state index in [0.29, 0.717) is 11.5 Å². The number of nitrogens with zero attached hydrogens (tertiary/aromatic N) is 3. The molecule has 1 aliphatic carbocycles. The van der Waals surface area contributed by atoms with Crippen LogP contribution >= 0.6 is 0 Å². The fourth-order valence-electron chi connectivity index (χ4n) is 3.15. The summed E-state index contributed by atoms with van der Waals surface area (Å²) in [6.07, 6.45) is 5.35. The minimum Gasteiger partial charge on any atom is -0.493 e. The molecule has 0 aliphatic heterocycles. The minimum atomic E-state index is -3.68. The van der Waals surface area contributed by atoms with Gasteiger partial charge in [0.15, 0.2) is 11.5 Å².